The van der Waals surface area contributed by atoms with Crippen molar-refractivity contribution in [3.63, 3.8) is 0 Å². The third kappa shape index (κ3) is 5.41. The highest BCUT2D eigenvalue weighted by atomic mass is 32.3. The highest BCUT2D eigenvalue weighted by molar-refractivity contribution is 8.23. The Hall–Kier alpha value is -3.22. The van der Waals surface area contributed by atoms with E-state index in [1.807, 2.05) is 44.2 Å². The zero-order valence-corrected chi connectivity index (χ0v) is 21.9. The maximum atomic E-state index is 13.4. The van der Waals surface area contributed by atoms with Crippen molar-refractivity contribution in [2.45, 2.75) is 42.9 Å². The van der Waals surface area contributed by atoms with Crippen LogP contribution in [-0.2, 0) is 21.2 Å². The van der Waals surface area contributed by atoms with Crippen molar-refractivity contribution in [3.05, 3.63) is 94.8 Å². The summed E-state index contributed by atoms with van der Waals surface area (Å²) >= 11 is 0. The summed E-state index contributed by atoms with van der Waals surface area (Å²) in [4.78, 5) is 19.8. The molecule has 0 aliphatic carbocycles. The predicted molar refractivity (Wildman–Crippen MR) is 144 cm³/mol. The van der Waals surface area contributed by atoms with Crippen LogP contribution < -0.4 is 9.44 Å². The molecule has 9 nitrogen and oxygen atoms in total. The van der Waals surface area contributed by atoms with Crippen LogP contribution in [0.1, 0.15) is 45.8 Å². The SMILES string of the molecule is Cc1cc(C)cc(S(=O)(=O)N[C@@H](Cc2ccc(C3CC(=O)NS3(O)O)cc2)c2nc3ccccc3[nH]2)c1. The van der Waals surface area contributed by atoms with E-state index in [0.717, 1.165) is 27.7 Å². The number of rotatable bonds is 7. The Morgan fingerprint density at radius 2 is 1.73 bits per heavy atom. The van der Waals surface area contributed by atoms with Gasteiger partial charge in [0.2, 0.25) is 15.9 Å². The highest BCUT2D eigenvalue weighted by Crippen LogP contribution is 2.56. The van der Waals surface area contributed by atoms with Crippen LogP contribution in [0.15, 0.2) is 71.6 Å². The van der Waals surface area contributed by atoms with Crippen molar-refractivity contribution in [1.29, 1.82) is 0 Å². The molecule has 1 unspecified atom stereocenters. The highest BCUT2D eigenvalue weighted by Gasteiger charge is 2.38. The molecule has 5 rings (SSSR count). The summed E-state index contributed by atoms with van der Waals surface area (Å²) in [6, 6.07) is 19.1. The number of aromatic nitrogens is 2. The third-order valence-corrected chi connectivity index (χ3v) is 9.58. The molecular formula is C26H28N4O5S2. The van der Waals surface area contributed by atoms with Gasteiger partial charge in [0, 0.05) is 0 Å². The molecule has 37 heavy (non-hydrogen) atoms. The van der Waals surface area contributed by atoms with Gasteiger partial charge in [0.1, 0.15) is 11.1 Å². The molecule has 2 heterocycles. The Bertz CT molecular complexity index is 1530. The molecule has 1 amide bonds. The summed E-state index contributed by atoms with van der Waals surface area (Å²) in [6.07, 6.45) is 0.293. The number of aryl methyl sites for hydroxylation is 2. The quantitative estimate of drug-likeness (QED) is 0.230. The number of hydrogen-bond donors (Lipinski definition) is 5. The van der Waals surface area contributed by atoms with Crippen molar-refractivity contribution < 1.29 is 22.3 Å². The lowest BCUT2D eigenvalue weighted by Crippen LogP contribution is -2.31. The molecule has 0 saturated carbocycles. The van der Waals surface area contributed by atoms with E-state index in [4.69, 9.17) is 0 Å². The van der Waals surface area contributed by atoms with Crippen LogP contribution in [0.2, 0.25) is 0 Å². The minimum Gasteiger partial charge on any atom is -0.341 e. The van der Waals surface area contributed by atoms with Gasteiger partial charge < -0.3 is 4.98 Å². The fourth-order valence-electron chi connectivity index (χ4n) is 4.65. The number of aromatic amines is 1. The number of nitrogens with zero attached hydrogens (tertiary/aromatic N) is 1. The molecule has 5 N–H and O–H groups in total. The molecule has 0 bridgehead atoms. The van der Waals surface area contributed by atoms with Crippen LogP contribution in [0.3, 0.4) is 0 Å². The Kier molecular flexibility index (Phi) is 6.59. The van der Waals surface area contributed by atoms with Gasteiger partial charge in [-0.1, -0.05) is 42.5 Å². The van der Waals surface area contributed by atoms with Gasteiger partial charge in [0.15, 0.2) is 0 Å². The number of sulfonamides is 1. The van der Waals surface area contributed by atoms with Crippen LogP contribution in [0, 0.1) is 13.8 Å². The number of nitrogens with one attached hydrogen (secondary N) is 3. The smallest absolute Gasteiger partial charge is 0.241 e. The summed E-state index contributed by atoms with van der Waals surface area (Å²) in [7, 11) is -7.12. The number of hydrogen-bond acceptors (Lipinski definition) is 6. The second-order valence-corrected chi connectivity index (χ2v) is 13.1. The van der Waals surface area contributed by atoms with E-state index in [1.54, 1.807) is 36.4 Å². The lowest BCUT2D eigenvalue weighted by atomic mass is 10.0. The number of amides is 1. The monoisotopic (exact) mass is 540 g/mol. The fourth-order valence-corrected chi connectivity index (χ4v) is 7.52. The van der Waals surface area contributed by atoms with E-state index in [-0.39, 0.29) is 11.3 Å². The second-order valence-electron chi connectivity index (χ2n) is 9.39. The molecular weight excluding hydrogens is 512 g/mol. The van der Waals surface area contributed by atoms with Crippen LogP contribution >= 0.6 is 10.8 Å². The first-order valence-electron chi connectivity index (χ1n) is 11.7. The molecule has 0 radical (unpaired) electrons. The topological polar surface area (TPSA) is 144 Å². The number of fused-ring (bicyclic) bond motifs is 1. The molecule has 1 aliphatic rings. The van der Waals surface area contributed by atoms with Crippen molar-refractivity contribution in [1.82, 2.24) is 19.4 Å². The van der Waals surface area contributed by atoms with Crippen LogP contribution in [0.4, 0.5) is 0 Å². The van der Waals surface area contributed by atoms with E-state index in [2.05, 4.69) is 19.4 Å². The molecule has 1 saturated heterocycles. The maximum absolute atomic E-state index is 13.4. The average Bonchev–Trinajstić information content (AvgIpc) is 3.38. The molecule has 1 fully saturated rings. The average molecular weight is 541 g/mol. The number of carbonyl (C=O) groups excluding carboxylic acids is 1. The van der Waals surface area contributed by atoms with E-state index < -0.39 is 38.0 Å². The largest absolute Gasteiger partial charge is 0.341 e. The summed E-state index contributed by atoms with van der Waals surface area (Å²) in [5.41, 5.74) is 4.66. The van der Waals surface area contributed by atoms with Gasteiger partial charge in [-0.3, -0.25) is 18.6 Å². The Balaban J connectivity index is 1.46. The summed E-state index contributed by atoms with van der Waals surface area (Å²) in [5.74, 6) is 0.0813. The van der Waals surface area contributed by atoms with E-state index in [9.17, 15) is 22.3 Å². The van der Waals surface area contributed by atoms with E-state index in [0.29, 0.717) is 17.8 Å². The second kappa shape index (κ2) is 9.58. The van der Waals surface area contributed by atoms with Crippen LogP contribution in [-0.4, -0.2) is 33.4 Å². The number of carbonyl (C=O) groups is 1. The van der Waals surface area contributed by atoms with Gasteiger partial charge >= 0.3 is 0 Å². The number of para-hydroxylation sites is 2. The fraction of sp³-hybridized carbons (Fsp3) is 0.231. The standard InChI is InChI=1S/C26H28N4O5S2/c1-16-11-17(2)13-20(12-16)36(32,33)29-23(26-27-21-5-3-4-6-22(21)28-26)14-18-7-9-19(10-8-18)24-15-25(31)30-37(24,34)35/h3-13,23-24,29,34-35H,14-15H2,1-2H3,(H,27,28)(H,30,31)/t23-,24?/m0/s1. The lowest BCUT2D eigenvalue weighted by molar-refractivity contribution is -0.118. The Morgan fingerprint density at radius 1 is 1.05 bits per heavy atom. The van der Waals surface area contributed by atoms with Gasteiger partial charge in [-0.25, -0.2) is 18.1 Å². The van der Waals surface area contributed by atoms with Gasteiger partial charge in [-0.2, -0.15) is 0 Å². The van der Waals surface area contributed by atoms with Crippen molar-refractivity contribution in [3.8, 4) is 0 Å². The summed E-state index contributed by atoms with van der Waals surface area (Å²) < 4.78 is 52.3. The minimum absolute atomic E-state index is 0.000994. The van der Waals surface area contributed by atoms with Crippen molar-refractivity contribution in [2.24, 2.45) is 0 Å². The summed E-state index contributed by atoms with van der Waals surface area (Å²) in [5, 5.41) is -0.719. The zero-order valence-electron chi connectivity index (χ0n) is 20.3. The number of benzene rings is 3. The maximum Gasteiger partial charge on any atom is 0.241 e. The minimum atomic E-state index is -3.87. The van der Waals surface area contributed by atoms with Gasteiger partial charge in [-0.05, 0) is 66.8 Å². The molecule has 194 valence electrons. The lowest BCUT2D eigenvalue weighted by Gasteiger charge is -2.32. The summed E-state index contributed by atoms with van der Waals surface area (Å²) in [6.45, 7) is 3.71. The molecule has 1 aliphatic heterocycles. The van der Waals surface area contributed by atoms with Crippen LogP contribution in [0.25, 0.3) is 11.0 Å². The predicted octanol–water partition coefficient (Wildman–Crippen LogP) is 4.67. The van der Waals surface area contributed by atoms with Gasteiger partial charge in [-0.15, -0.1) is 10.8 Å². The van der Waals surface area contributed by atoms with Gasteiger partial charge in [0.05, 0.1) is 28.4 Å². The first-order chi connectivity index (χ1) is 17.5. The first-order valence-corrected chi connectivity index (χ1v) is 14.8. The number of H-pyrrole nitrogens is 1. The van der Waals surface area contributed by atoms with E-state index in [1.165, 1.54) is 0 Å². The molecule has 4 aromatic rings. The molecule has 3 aromatic carbocycles. The van der Waals surface area contributed by atoms with E-state index >= 15 is 0 Å². The van der Waals surface area contributed by atoms with Gasteiger partial charge in [0.25, 0.3) is 0 Å². The molecule has 0 spiro atoms. The molecule has 1 aromatic heterocycles. The van der Waals surface area contributed by atoms with Crippen molar-refractivity contribution >= 4 is 37.7 Å². The number of imidazole rings is 1. The third-order valence-electron chi connectivity index (χ3n) is 6.36. The normalized spacial score (nSPS) is 19.0. The first kappa shape index (κ1) is 25.4. The Labute approximate surface area is 216 Å². The molecule has 2 atom stereocenters. The van der Waals surface area contributed by atoms with Crippen molar-refractivity contribution in [2.75, 3.05) is 0 Å². The van der Waals surface area contributed by atoms with Crippen LogP contribution in [0.5, 0.6) is 0 Å². The molecule has 11 heteroatoms. The Morgan fingerprint density at radius 3 is 2.35 bits per heavy atom. The zero-order chi connectivity index (χ0) is 26.4.